The van der Waals surface area contributed by atoms with Crippen molar-refractivity contribution in [2.75, 3.05) is 31.2 Å². The molecular weight excluding hydrogens is 226 g/mol. The van der Waals surface area contributed by atoms with E-state index in [2.05, 4.69) is 4.90 Å². The van der Waals surface area contributed by atoms with Crippen LogP contribution in [0.1, 0.15) is 20.3 Å². The van der Waals surface area contributed by atoms with Crippen molar-refractivity contribution in [1.82, 2.24) is 4.90 Å². The lowest BCUT2D eigenvalue weighted by molar-refractivity contribution is -0.138. The van der Waals surface area contributed by atoms with Crippen molar-refractivity contribution >= 4 is 17.7 Å². The van der Waals surface area contributed by atoms with Gasteiger partial charge in [0.1, 0.15) is 0 Å². The topological polar surface area (TPSA) is 49.8 Å². The molecule has 1 aliphatic heterocycles. The van der Waals surface area contributed by atoms with Crippen molar-refractivity contribution < 1.29 is 14.6 Å². The maximum absolute atomic E-state index is 10.7. The predicted octanol–water partition coefficient (Wildman–Crippen LogP) is 1.30. The average Bonchev–Trinajstić information content (AvgIpc) is 2.19. The zero-order valence-electron chi connectivity index (χ0n) is 10.0. The van der Waals surface area contributed by atoms with Crippen LogP contribution < -0.4 is 0 Å². The van der Waals surface area contributed by atoms with E-state index in [1.165, 1.54) is 0 Å². The van der Waals surface area contributed by atoms with Gasteiger partial charge in [-0.15, -0.1) is 0 Å². The van der Waals surface area contributed by atoms with Crippen LogP contribution in [0.4, 0.5) is 0 Å². The summed E-state index contributed by atoms with van der Waals surface area (Å²) in [5.41, 5.74) is 0. The van der Waals surface area contributed by atoms with Crippen LogP contribution in [0.25, 0.3) is 0 Å². The molecule has 0 aromatic carbocycles. The van der Waals surface area contributed by atoms with E-state index in [1.807, 2.05) is 25.6 Å². The molecular formula is C11H21NO3S. The summed E-state index contributed by atoms with van der Waals surface area (Å²) in [6, 6.07) is 0.173. The minimum absolute atomic E-state index is 0.173. The van der Waals surface area contributed by atoms with Crippen molar-refractivity contribution in [1.29, 1.82) is 0 Å². The van der Waals surface area contributed by atoms with Gasteiger partial charge in [0.25, 0.3) is 0 Å². The predicted molar refractivity (Wildman–Crippen MR) is 66.0 cm³/mol. The van der Waals surface area contributed by atoms with Gasteiger partial charge >= 0.3 is 5.97 Å². The Morgan fingerprint density at radius 1 is 1.62 bits per heavy atom. The van der Waals surface area contributed by atoms with Crippen molar-refractivity contribution in [3.05, 3.63) is 0 Å². The Hall–Kier alpha value is -0.260. The molecule has 16 heavy (non-hydrogen) atoms. The minimum Gasteiger partial charge on any atom is -0.481 e. The largest absolute Gasteiger partial charge is 0.481 e. The molecule has 0 radical (unpaired) electrons. The maximum atomic E-state index is 10.7. The van der Waals surface area contributed by atoms with Crippen molar-refractivity contribution in [3.63, 3.8) is 0 Å². The number of aliphatic carboxylic acids is 1. The smallest absolute Gasteiger partial charge is 0.304 e. The molecule has 1 N–H and O–H groups in total. The number of thioether (sulfide) groups is 1. The van der Waals surface area contributed by atoms with Gasteiger partial charge in [-0.1, -0.05) is 0 Å². The van der Waals surface area contributed by atoms with E-state index in [-0.39, 0.29) is 18.6 Å². The highest BCUT2D eigenvalue weighted by atomic mass is 32.2. The fourth-order valence-corrected chi connectivity index (χ4v) is 2.91. The summed E-state index contributed by atoms with van der Waals surface area (Å²) in [5, 5.41) is 8.83. The van der Waals surface area contributed by atoms with Gasteiger partial charge < -0.3 is 9.84 Å². The molecule has 0 spiro atoms. The minimum atomic E-state index is -0.706. The molecule has 0 bridgehead atoms. The van der Waals surface area contributed by atoms with Gasteiger partial charge in [0.2, 0.25) is 0 Å². The molecule has 0 amide bonds. The molecule has 1 fully saturated rings. The number of rotatable bonds is 6. The molecule has 0 saturated carbocycles. The van der Waals surface area contributed by atoms with Gasteiger partial charge in [-0.2, -0.15) is 11.8 Å². The van der Waals surface area contributed by atoms with E-state index in [9.17, 15) is 4.79 Å². The molecule has 1 heterocycles. The van der Waals surface area contributed by atoms with Crippen LogP contribution in [0.15, 0.2) is 0 Å². The van der Waals surface area contributed by atoms with Crippen molar-refractivity contribution in [3.8, 4) is 0 Å². The maximum Gasteiger partial charge on any atom is 0.304 e. The summed E-state index contributed by atoms with van der Waals surface area (Å²) in [7, 11) is 0. The second kappa shape index (κ2) is 7.14. The first-order valence-corrected chi connectivity index (χ1v) is 6.90. The van der Waals surface area contributed by atoms with Gasteiger partial charge in [0, 0.05) is 30.6 Å². The number of carboxylic acid groups (broad SMARTS) is 1. The summed E-state index contributed by atoms with van der Waals surface area (Å²) in [5.74, 6) is 1.31. The summed E-state index contributed by atoms with van der Waals surface area (Å²) in [6.07, 6.45) is 0.492. The number of carbonyl (C=O) groups is 1. The number of ether oxygens (including phenoxy) is 1. The fourth-order valence-electron chi connectivity index (χ4n) is 1.78. The van der Waals surface area contributed by atoms with E-state index in [0.717, 1.165) is 24.6 Å². The van der Waals surface area contributed by atoms with Crippen molar-refractivity contribution in [2.24, 2.45) is 0 Å². The second-order valence-electron chi connectivity index (χ2n) is 4.28. The van der Waals surface area contributed by atoms with Gasteiger partial charge in [-0.3, -0.25) is 9.69 Å². The van der Waals surface area contributed by atoms with Gasteiger partial charge in [-0.05, 0) is 13.8 Å². The molecule has 1 aliphatic rings. The van der Waals surface area contributed by atoms with E-state index >= 15 is 0 Å². The van der Waals surface area contributed by atoms with Crippen LogP contribution in [0.2, 0.25) is 0 Å². The first-order chi connectivity index (χ1) is 7.59. The Kier molecular flexibility index (Phi) is 6.16. The lowest BCUT2D eigenvalue weighted by Crippen LogP contribution is -2.45. The number of hydrogen-bond acceptors (Lipinski definition) is 4. The molecule has 5 heteroatoms. The standard InChI is InChI=1S/C11H21NO3S/c1-9(2)15-5-3-12-4-6-16-8-10(12)7-11(13)14/h9-10H,3-8H2,1-2H3,(H,13,14). The zero-order chi connectivity index (χ0) is 12.0. The summed E-state index contributed by atoms with van der Waals surface area (Å²) >= 11 is 1.84. The summed E-state index contributed by atoms with van der Waals surface area (Å²) in [4.78, 5) is 13.0. The lowest BCUT2D eigenvalue weighted by Gasteiger charge is -2.34. The quantitative estimate of drug-likeness (QED) is 0.767. The number of carboxylic acids is 1. The van der Waals surface area contributed by atoms with Crippen LogP contribution in [0.3, 0.4) is 0 Å². The third kappa shape index (κ3) is 5.18. The van der Waals surface area contributed by atoms with Crippen LogP contribution in [-0.4, -0.2) is 59.3 Å². The highest BCUT2D eigenvalue weighted by molar-refractivity contribution is 7.99. The number of hydrogen-bond donors (Lipinski definition) is 1. The Morgan fingerprint density at radius 2 is 2.38 bits per heavy atom. The van der Waals surface area contributed by atoms with Gasteiger partial charge in [0.05, 0.1) is 19.1 Å². The monoisotopic (exact) mass is 247 g/mol. The highest BCUT2D eigenvalue weighted by Crippen LogP contribution is 2.18. The Balaban J connectivity index is 2.31. The third-order valence-electron chi connectivity index (χ3n) is 2.59. The first kappa shape index (κ1) is 13.8. The normalized spacial score (nSPS) is 22.6. The first-order valence-electron chi connectivity index (χ1n) is 5.74. The summed E-state index contributed by atoms with van der Waals surface area (Å²) in [6.45, 7) is 6.54. The molecule has 4 nitrogen and oxygen atoms in total. The second-order valence-corrected chi connectivity index (χ2v) is 5.43. The molecule has 1 unspecified atom stereocenters. The van der Waals surface area contributed by atoms with Crippen molar-refractivity contribution in [2.45, 2.75) is 32.4 Å². The molecule has 1 atom stereocenters. The van der Waals surface area contributed by atoms with Gasteiger partial charge in [0.15, 0.2) is 0 Å². The van der Waals surface area contributed by atoms with E-state index in [0.29, 0.717) is 6.61 Å². The highest BCUT2D eigenvalue weighted by Gasteiger charge is 2.24. The molecule has 0 aliphatic carbocycles. The molecule has 0 aromatic rings. The van der Waals surface area contributed by atoms with Crippen LogP contribution in [0, 0.1) is 0 Å². The zero-order valence-corrected chi connectivity index (χ0v) is 10.8. The SMILES string of the molecule is CC(C)OCCN1CCSCC1CC(=O)O. The average molecular weight is 247 g/mol. The van der Waals surface area contributed by atoms with Crippen LogP contribution >= 0.6 is 11.8 Å². The lowest BCUT2D eigenvalue weighted by atomic mass is 10.2. The van der Waals surface area contributed by atoms with Crippen LogP contribution in [0.5, 0.6) is 0 Å². The van der Waals surface area contributed by atoms with E-state index in [1.54, 1.807) is 0 Å². The fraction of sp³-hybridized carbons (Fsp3) is 0.909. The molecule has 1 rings (SSSR count). The third-order valence-corrected chi connectivity index (χ3v) is 3.68. The van der Waals surface area contributed by atoms with E-state index < -0.39 is 5.97 Å². The summed E-state index contributed by atoms with van der Waals surface area (Å²) < 4.78 is 5.50. The Bertz CT molecular complexity index is 223. The Morgan fingerprint density at radius 3 is 3.00 bits per heavy atom. The Labute approximate surface area is 101 Å². The molecule has 0 aromatic heterocycles. The van der Waals surface area contributed by atoms with Crippen LogP contribution in [-0.2, 0) is 9.53 Å². The molecule has 94 valence electrons. The molecule has 1 saturated heterocycles. The van der Waals surface area contributed by atoms with Gasteiger partial charge in [-0.25, -0.2) is 0 Å². The number of nitrogens with zero attached hydrogens (tertiary/aromatic N) is 1. The van der Waals surface area contributed by atoms with E-state index in [4.69, 9.17) is 9.84 Å².